The fraction of sp³-hybridized carbons (Fsp3) is 0.294. The van der Waals surface area contributed by atoms with Gasteiger partial charge in [0, 0.05) is 11.3 Å². The number of aryl methyl sites for hydroxylation is 2. The number of nitrogens with zero attached hydrogens (tertiary/aromatic N) is 3. The van der Waals surface area contributed by atoms with Crippen LogP contribution in [0.3, 0.4) is 0 Å². The van der Waals surface area contributed by atoms with Crippen LogP contribution in [0.1, 0.15) is 44.8 Å². The molecule has 3 aromatic rings. The van der Waals surface area contributed by atoms with Crippen molar-refractivity contribution >= 4 is 23.3 Å². The van der Waals surface area contributed by atoms with E-state index in [-0.39, 0.29) is 17.3 Å². The van der Waals surface area contributed by atoms with E-state index in [9.17, 15) is 9.59 Å². The highest BCUT2D eigenvalue weighted by Gasteiger charge is 2.21. The van der Waals surface area contributed by atoms with Crippen molar-refractivity contribution in [2.45, 2.75) is 32.9 Å². The van der Waals surface area contributed by atoms with E-state index >= 15 is 0 Å². The van der Waals surface area contributed by atoms with Crippen LogP contribution in [0.25, 0.3) is 11.4 Å². The molecule has 0 saturated heterocycles. The van der Waals surface area contributed by atoms with Crippen LogP contribution in [0, 0.1) is 20.8 Å². The maximum atomic E-state index is 12.6. The SMILES string of the molecule is CC(=O)c1c(C)[nH]c(C(=O)CSc2nnc(-c3ccoc3C)n2N)c1C. The van der Waals surface area contributed by atoms with Gasteiger partial charge in [-0.1, -0.05) is 11.8 Å². The Bertz CT molecular complexity index is 998. The Morgan fingerprint density at radius 2 is 2.04 bits per heavy atom. The van der Waals surface area contributed by atoms with Crippen LogP contribution in [-0.4, -0.2) is 37.2 Å². The maximum Gasteiger partial charge on any atom is 0.210 e. The quantitative estimate of drug-likeness (QED) is 0.387. The first-order valence-corrected chi connectivity index (χ1v) is 8.90. The van der Waals surface area contributed by atoms with Gasteiger partial charge in [-0.15, -0.1) is 10.2 Å². The van der Waals surface area contributed by atoms with E-state index in [4.69, 9.17) is 10.3 Å². The van der Waals surface area contributed by atoms with Gasteiger partial charge in [-0.2, -0.15) is 0 Å². The second-order valence-corrected chi connectivity index (χ2v) is 6.90. The van der Waals surface area contributed by atoms with Crippen molar-refractivity contribution in [2.24, 2.45) is 0 Å². The molecule has 3 aromatic heterocycles. The number of H-pyrrole nitrogens is 1. The van der Waals surface area contributed by atoms with Gasteiger partial charge in [0.2, 0.25) is 5.16 Å². The van der Waals surface area contributed by atoms with Gasteiger partial charge >= 0.3 is 0 Å². The minimum absolute atomic E-state index is 0.0650. The summed E-state index contributed by atoms with van der Waals surface area (Å²) in [5.41, 5.74) is 3.12. The summed E-state index contributed by atoms with van der Waals surface area (Å²) in [5, 5.41) is 8.53. The first-order valence-electron chi connectivity index (χ1n) is 7.92. The van der Waals surface area contributed by atoms with Crippen LogP contribution in [0.2, 0.25) is 0 Å². The number of furan rings is 1. The summed E-state index contributed by atoms with van der Waals surface area (Å²) in [6, 6.07) is 1.76. The Hall–Kier alpha value is -2.81. The van der Waals surface area contributed by atoms with Gasteiger partial charge in [0.1, 0.15) is 5.76 Å². The Kier molecular flexibility index (Phi) is 4.73. The zero-order valence-electron chi connectivity index (χ0n) is 14.9. The highest BCUT2D eigenvalue weighted by molar-refractivity contribution is 7.99. The second-order valence-electron chi connectivity index (χ2n) is 5.96. The normalized spacial score (nSPS) is 11.1. The molecule has 0 aromatic carbocycles. The fourth-order valence-corrected chi connectivity index (χ4v) is 3.66. The number of nitrogen functional groups attached to an aromatic ring is 1. The Morgan fingerprint density at radius 3 is 2.62 bits per heavy atom. The summed E-state index contributed by atoms with van der Waals surface area (Å²) >= 11 is 1.19. The average Bonchev–Trinajstić information content (AvgIpc) is 3.23. The molecule has 26 heavy (non-hydrogen) atoms. The topological polar surface area (TPSA) is 120 Å². The van der Waals surface area contributed by atoms with Gasteiger partial charge in [-0.3, -0.25) is 9.59 Å². The number of hydrogen-bond acceptors (Lipinski definition) is 7. The number of carbonyl (C=O) groups is 2. The van der Waals surface area contributed by atoms with Gasteiger partial charge in [-0.25, -0.2) is 4.68 Å². The molecule has 0 unspecified atom stereocenters. The molecule has 0 atom stereocenters. The molecule has 3 rings (SSSR count). The molecular weight excluding hydrogens is 354 g/mol. The van der Waals surface area contributed by atoms with Crippen molar-refractivity contribution in [2.75, 3.05) is 11.6 Å². The number of ketones is 2. The lowest BCUT2D eigenvalue weighted by Gasteiger charge is -2.03. The third-order valence-electron chi connectivity index (χ3n) is 4.17. The van der Waals surface area contributed by atoms with E-state index in [2.05, 4.69) is 15.2 Å². The van der Waals surface area contributed by atoms with Gasteiger partial charge in [-0.05, 0) is 39.3 Å². The van der Waals surface area contributed by atoms with Crippen LogP contribution in [0.15, 0.2) is 21.9 Å². The largest absolute Gasteiger partial charge is 0.469 e. The zero-order chi connectivity index (χ0) is 19.0. The maximum absolute atomic E-state index is 12.6. The van der Waals surface area contributed by atoms with Crippen LogP contribution in [0.5, 0.6) is 0 Å². The van der Waals surface area contributed by atoms with E-state index in [0.29, 0.717) is 39.3 Å². The van der Waals surface area contributed by atoms with Crippen molar-refractivity contribution in [1.29, 1.82) is 0 Å². The van der Waals surface area contributed by atoms with Crippen LogP contribution >= 0.6 is 11.8 Å². The predicted molar refractivity (Wildman–Crippen MR) is 97.9 cm³/mol. The summed E-state index contributed by atoms with van der Waals surface area (Å²) in [7, 11) is 0. The summed E-state index contributed by atoms with van der Waals surface area (Å²) in [6.07, 6.45) is 1.55. The van der Waals surface area contributed by atoms with Crippen molar-refractivity contribution < 1.29 is 14.0 Å². The second kappa shape index (κ2) is 6.83. The highest BCUT2D eigenvalue weighted by Crippen LogP contribution is 2.26. The molecule has 0 bridgehead atoms. The Balaban J connectivity index is 1.77. The molecule has 0 saturated carbocycles. The van der Waals surface area contributed by atoms with E-state index in [1.165, 1.54) is 23.4 Å². The molecule has 0 fully saturated rings. The van der Waals surface area contributed by atoms with Crippen LogP contribution < -0.4 is 5.84 Å². The molecule has 0 amide bonds. The minimum Gasteiger partial charge on any atom is -0.469 e. The molecule has 0 aliphatic rings. The monoisotopic (exact) mass is 373 g/mol. The van der Waals surface area contributed by atoms with Crippen molar-refractivity contribution in [3.8, 4) is 11.4 Å². The first kappa shape index (κ1) is 18.0. The molecule has 0 aliphatic heterocycles. The van der Waals surface area contributed by atoms with Crippen molar-refractivity contribution in [3.05, 3.63) is 40.6 Å². The fourth-order valence-electron chi connectivity index (χ4n) is 2.94. The number of nitrogens with two attached hydrogens (primary N) is 1. The van der Waals surface area contributed by atoms with Gasteiger partial charge in [0.15, 0.2) is 17.4 Å². The lowest BCUT2D eigenvalue weighted by Crippen LogP contribution is -2.13. The smallest absolute Gasteiger partial charge is 0.210 e. The minimum atomic E-state index is -0.132. The number of rotatable bonds is 6. The number of carbonyl (C=O) groups excluding carboxylic acids is 2. The summed E-state index contributed by atoms with van der Waals surface area (Å²) in [6.45, 7) is 6.85. The average molecular weight is 373 g/mol. The van der Waals surface area contributed by atoms with E-state index in [1.54, 1.807) is 26.2 Å². The van der Waals surface area contributed by atoms with Crippen molar-refractivity contribution in [3.63, 3.8) is 0 Å². The van der Waals surface area contributed by atoms with E-state index < -0.39 is 0 Å². The Morgan fingerprint density at radius 1 is 1.31 bits per heavy atom. The Labute approximate surface area is 154 Å². The van der Waals surface area contributed by atoms with Crippen LogP contribution in [0.4, 0.5) is 0 Å². The summed E-state index contributed by atoms with van der Waals surface area (Å²) in [4.78, 5) is 27.3. The summed E-state index contributed by atoms with van der Waals surface area (Å²) < 4.78 is 6.59. The van der Waals surface area contributed by atoms with Gasteiger partial charge in [0.25, 0.3) is 0 Å². The van der Waals surface area contributed by atoms with Gasteiger partial charge < -0.3 is 15.2 Å². The number of aromatic amines is 1. The number of nitrogens with one attached hydrogen (secondary N) is 1. The third kappa shape index (κ3) is 3.05. The lowest BCUT2D eigenvalue weighted by atomic mass is 10.1. The standard InChI is InChI=1S/C17H19N5O3S/c1-8-14(10(3)23)9(2)19-15(8)13(24)7-26-17-21-20-16(22(17)18)12-5-6-25-11(12)4/h5-6,19H,7,18H2,1-4H3. The predicted octanol–water partition coefficient (Wildman–Crippen LogP) is 2.68. The van der Waals surface area contributed by atoms with Crippen LogP contribution in [-0.2, 0) is 0 Å². The van der Waals surface area contributed by atoms with Crippen molar-refractivity contribution in [1.82, 2.24) is 19.9 Å². The van der Waals surface area contributed by atoms with E-state index in [1.807, 2.05) is 6.92 Å². The van der Waals surface area contributed by atoms with E-state index in [0.717, 1.165) is 5.56 Å². The zero-order valence-corrected chi connectivity index (χ0v) is 15.7. The molecule has 0 spiro atoms. The molecule has 9 heteroatoms. The molecule has 136 valence electrons. The molecule has 0 aliphatic carbocycles. The highest BCUT2D eigenvalue weighted by atomic mass is 32.2. The summed E-state index contributed by atoms with van der Waals surface area (Å²) in [5.74, 6) is 7.13. The number of Topliss-reactive ketones (excluding diaryl/α,β-unsaturated/α-hetero) is 2. The number of thioether (sulfide) groups is 1. The molecule has 0 radical (unpaired) electrons. The molecule has 8 nitrogen and oxygen atoms in total. The first-order chi connectivity index (χ1) is 12.3. The number of hydrogen-bond donors (Lipinski definition) is 2. The molecule has 3 heterocycles. The molecule has 3 N–H and O–H groups in total. The third-order valence-corrected chi connectivity index (χ3v) is 5.11. The lowest BCUT2D eigenvalue weighted by molar-refractivity contribution is 0.101. The molecular formula is C17H19N5O3S. The van der Waals surface area contributed by atoms with Gasteiger partial charge in [0.05, 0.1) is 23.3 Å². The number of aromatic nitrogens is 4.